The van der Waals surface area contributed by atoms with E-state index in [4.69, 9.17) is 0 Å². The molecule has 10 heteroatoms. The molecular weight excluding hydrogens is 478 g/mol. The fraction of sp³-hybridized carbons (Fsp3) is 0.231. The van der Waals surface area contributed by atoms with Crippen LogP contribution in [0.15, 0.2) is 59.8 Å². The van der Waals surface area contributed by atoms with Crippen LogP contribution in [-0.4, -0.2) is 35.1 Å². The van der Waals surface area contributed by atoms with Crippen LogP contribution in [0.25, 0.3) is 22.4 Å². The van der Waals surface area contributed by atoms with Crippen molar-refractivity contribution in [3.63, 3.8) is 0 Å². The molecule has 4 rings (SSSR count). The van der Waals surface area contributed by atoms with E-state index in [2.05, 4.69) is 25.0 Å². The van der Waals surface area contributed by atoms with Gasteiger partial charge in [-0.2, -0.15) is 0 Å². The number of aromatic nitrogens is 3. The van der Waals surface area contributed by atoms with Crippen molar-refractivity contribution in [2.24, 2.45) is 5.41 Å². The van der Waals surface area contributed by atoms with Gasteiger partial charge in [0.1, 0.15) is 5.52 Å². The van der Waals surface area contributed by atoms with Gasteiger partial charge in [-0.3, -0.25) is 14.3 Å². The summed E-state index contributed by atoms with van der Waals surface area (Å²) in [6, 6.07) is 11.2. The number of sulfonamides is 1. The average Bonchev–Trinajstić information content (AvgIpc) is 3.22. The highest BCUT2D eigenvalue weighted by Crippen LogP contribution is 2.29. The van der Waals surface area contributed by atoms with Crippen molar-refractivity contribution >= 4 is 44.3 Å². The number of nitrogens with zero attached hydrogens (tertiary/aromatic N) is 2. The maximum atomic E-state index is 13.0. The molecule has 0 bridgehead atoms. The smallest absolute Gasteiger partial charge is 0.261 e. The maximum absolute atomic E-state index is 13.0. The number of hydrogen-bond acceptors (Lipinski definition) is 6. The highest BCUT2D eigenvalue weighted by atomic mass is 32.2. The van der Waals surface area contributed by atoms with Gasteiger partial charge < -0.3 is 10.3 Å². The van der Waals surface area contributed by atoms with Crippen molar-refractivity contribution < 1.29 is 18.0 Å². The third-order valence-corrected chi connectivity index (χ3v) is 6.95. The number of aryl methyl sites for hydroxylation is 1. The van der Waals surface area contributed by atoms with E-state index in [1.807, 2.05) is 26.8 Å². The van der Waals surface area contributed by atoms with Crippen LogP contribution < -0.4 is 10.0 Å². The van der Waals surface area contributed by atoms with E-state index in [0.717, 1.165) is 5.56 Å². The first-order chi connectivity index (χ1) is 16.8. The Kier molecular flexibility index (Phi) is 6.40. The standard InChI is InChI=1S/C26H27N5O4S/c1-15-6-7-17(22-14-28-25-23(30-22)20(13-27-25)24(33)26(3,4)5)12-21(15)31-36(34,35)19-10-8-18(9-11-19)29-16(2)32/h6-14,31H,1-5H3,(H,27,28)(H,29,32). The highest BCUT2D eigenvalue weighted by Gasteiger charge is 2.26. The van der Waals surface area contributed by atoms with Gasteiger partial charge in [0.05, 0.1) is 28.0 Å². The number of ketones is 1. The molecular formula is C26H27N5O4S. The number of fused-ring (bicyclic) bond motifs is 1. The molecule has 1 amide bonds. The van der Waals surface area contributed by atoms with Gasteiger partial charge in [0.15, 0.2) is 11.4 Å². The van der Waals surface area contributed by atoms with Crippen LogP contribution in [0.1, 0.15) is 43.6 Å². The van der Waals surface area contributed by atoms with Crippen molar-refractivity contribution in [1.29, 1.82) is 0 Å². The van der Waals surface area contributed by atoms with Gasteiger partial charge >= 0.3 is 0 Å². The zero-order chi connectivity index (χ0) is 26.3. The molecule has 0 unspecified atom stereocenters. The molecule has 0 saturated carbocycles. The summed E-state index contributed by atoms with van der Waals surface area (Å²) in [5, 5.41) is 2.61. The Bertz CT molecular complexity index is 1580. The van der Waals surface area contributed by atoms with Gasteiger partial charge in [-0.15, -0.1) is 0 Å². The predicted molar refractivity (Wildman–Crippen MR) is 139 cm³/mol. The number of benzene rings is 2. The fourth-order valence-corrected chi connectivity index (χ4v) is 4.74. The largest absolute Gasteiger partial charge is 0.344 e. The van der Waals surface area contributed by atoms with E-state index in [-0.39, 0.29) is 16.6 Å². The summed E-state index contributed by atoms with van der Waals surface area (Å²) in [5.41, 5.74) is 3.61. The van der Waals surface area contributed by atoms with Crippen LogP contribution in [0.4, 0.5) is 11.4 Å². The first-order valence-corrected chi connectivity index (χ1v) is 12.7. The van der Waals surface area contributed by atoms with Crippen LogP contribution in [0.5, 0.6) is 0 Å². The summed E-state index contributed by atoms with van der Waals surface area (Å²) in [5.74, 6) is -0.297. The number of anilines is 2. The minimum atomic E-state index is -3.89. The molecule has 0 aliphatic heterocycles. The minimum absolute atomic E-state index is 0.0536. The number of carbonyl (C=O) groups is 2. The van der Waals surface area contributed by atoms with Gasteiger partial charge in [0.25, 0.3) is 10.0 Å². The van der Waals surface area contributed by atoms with Crippen LogP contribution in [-0.2, 0) is 14.8 Å². The number of hydrogen-bond donors (Lipinski definition) is 3. The summed E-state index contributed by atoms with van der Waals surface area (Å²) >= 11 is 0. The number of aromatic amines is 1. The quantitative estimate of drug-likeness (QED) is 0.318. The molecule has 0 aliphatic rings. The summed E-state index contributed by atoms with van der Waals surface area (Å²) in [6.45, 7) is 8.71. The summed E-state index contributed by atoms with van der Waals surface area (Å²) in [4.78, 5) is 36.2. The Morgan fingerprint density at radius 3 is 2.36 bits per heavy atom. The summed E-state index contributed by atoms with van der Waals surface area (Å²) in [6.07, 6.45) is 3.20. The molecule has 2 aromatic carbocycles. The Balaban J connectivity index is 1.67. The monoisotopic (exact) mass is 505 g/mol. The lowest BCUT2D eigenvalue weighted by Gasteiger charge is -2.15. The molecule has 0 atom stereocenters. The highest BCUT2D eigenvalue weighted by molar-refractivity contribution is 7.92. The minimum Gasteiger partial charge on any atom is -0.344 e. The second kappa shape index (κ2) is 9.19. The number of Topliss-reactive ketones (excluding diaryl/α,β-unsaturated/α-hetero) is 1. The second-order valence-corrected chi connectivity index (χ2v) is 11.3. The Hall–Kier alpha value is -4.05. The van der Waals surface area contributed by atoms with Crippen LogP contribution >= 0.6 is 0 Å². The van der Waals surface area contributed by atoms with E-state index >= 15 is 0 Å². The molecule has 4 aromatic rings. The van der Waals surface area contributed by atoms with Crippen molar-refractivity contribution in [2.75, 3.05) is 10.0 Å². The summed E-state index contributed by atoms with van der Waals surface area (Å²) < 4.78 is 28.7. The molecule has 0 fully saturated rings. The molecule has 3 N–H and O–H groups in total. The molecule has 0 saturated heterocycles. The third kappa shape index (κ3) is 5.13. The lowest BCUT2D eigenvalue weighted by Crippen LogP contribution is -2.20. The number of amides is 1. The van der Waals surface area contributed by atoms with Crippen LogP contribution in [0, 0.1) is 12.3 Å². The van der Waals surface area contributed by atoms with Gasteiger partial charge in [0, 0.05) is 29.8 Å². The Morgan fingerprint density at radius 1 is 1.03 bits per heavy atom. The lowest BCUT2D eigenvalue weighted by atomic mass is 9.87. The molecule has 2 heterocycles. The Labute approximate surface area is 209 Å². The lowest BCUT2D eigenvalue weighted by molar-refractivity contribution is -0.114. The number of nitrogens with one attached hydrogen (secondary N) is 3. The van der Waals surface area contributed by atoms with Gasteiger partial charge in [-0.1, -0.05) is 32.9 Å². The van der Waals surface area contributed by atoms with E-state index in [1.54, 1.807) is 31.5 Å². The fourth-order valence-electron chi connectivity index (χ4n) is 3.62. The molecule has 0 radical (unpaired) electrons. The molecule has 36 heavy (non-hydrogen) atoms. The zero-order valence-corrected chi connectivity index (χ0v) is 21.4. The molecule has 0 aliphatic carbocycles. The van der Waals surface area contributed by atoms with E-state index in [0.29, 0.717) is 39.4 Å². The first-order valence-electron chi connectivity index (χ1n) is 11.3. The topological polar surface area (TPSA) is 134 Å². The maximum Gasteiger partial charge on any atom is 0.261 e. The van der Waals surface area contributed by atoms with E-state index in [1.165, 1.54) is 31.2 Å². The number of carbonyl (C=O) groups excluding carboxylic acids is 2. The molecule has 9 nitrogen and oxygen atoms in total. The van der Waals surface area contributed by atoms with Gasteiger partial charge in [-0.25, -0.2) is 18.4 Å². The van der Waals surface area contributed by atoms with Crippen molar-refractivity contribution in [2.45, 2.75) is 39.5 Å². The van der Waals surface area contributed by atoms with Gasteiger partial charge in [-0.05, 0) is 42.8 Å². The van der Waals surface area contributed by atoms with Crippen molar-refractivity contribution in [3.8, 4) is 11.3 Å². The molecule has 186 valence electrons. The van der Waals surface area contributed by atoms with E-state index in [9.17, 15) is 18.0 Å². The first kappa shape index (κ1) is 25.1. The number of H-pyrrole nitrogens is 1. The predicted octanol–water partition coefficient (Wildman–Crippen LogP) is 4.92. The van der Waals surface area contributed by atoms with Crippen molar-refractivity contribution in [3.05, 3.63) is 66.0 Å². The SMILES string of the molecule is CC(=O)Nc1ccc(S(=O)(=O)Nc2cc(-c3cnc4[nH]cc(C(=O)C(C)(C)C)c4n3)ccc2C)cc1. The third-order valence-electron chi connectivity index (χ3n) is 5.57. The van der Waals surface area contributed by atoms with Gasteiger partial charge in [0.2, 0.25) is 5.91 Å². The second-order valence-electron chi connectivity index (χ2n) is 9.57. The summed E-state index contributed by atoms with van der Waals surface area (Å²) in [7, 11) is -3.89. The van der Waals surface area contributed by atoms with Crippen LogP contribution in [0.3, 0.4) is 0 Å². The molecule has 0 spiro atoms. The average molecular weight is 506 g/mol. The molecule has 2 aromatic heterocycles. The Morgan fingerprint density at radius 2 is 1.72 bits per heavy atom. The van der Waals surface area contributed by atoms with Crippen molar-refractivity contribution in [1.82, 2.24) is 15.0 Å². The van der Waals surface area contributed by atoms with E-state index < -0.39 is 15.4 Å². The number of rotatable bonds is 6. The van der Waals surface area contributed by atoms with Crippen LogP contribution in [0.2, 0.25) is 0 Å². The zero-order valence-electron chi connectivity index (χ0n) is 20.6. The normalized spacial score (nSPS) is 11.9.